The van der Waals surface area contributed by atoms with Crippen molar-refractivity contribution in [1.29, 1.82) is 0 Å². The van der Waals surface area contributed by atoms with E-state index in [2.05, 4.69) is 19.9 Å². The van der Waals surface area contributed by atoms with Gasteiger partial charge >= 0.3 is 0 Å². The summed E-state index contributed by atoms with van der Waals surface area (Å²) in [5.41, 5.74) is 3.40. The summed E-state index contributed by atoms with van der Waals surface area (Å²) >= 11 is 0. The Bertz CT molecular complexity index is 392. The lowest BCUT2D eigenvalue weighted by atomic mass is 9.94. The van der Waals surface area contributed by atoms with E-state index in [-0.39, 0.29) is 5.78 Å². The quantitative estimate of drug-likeness (QED) is 0.778. The van der Waals surface area contributed by atoms with Gasteiger partial charge < -0.3 is 4.74 Å². The molecule has 2 heteroatoms. The zero-order chi connectivity index (χ0) is 12.3. The maximum Gasteiger partial charge on any atom is 0.134 e. The molecule has 0 aliphatic heterocycles. The van der Waals surface area contributed by atoms with Crippen LogP contribution in [-0.2, 0) is 11.2 Å². The Morgan fingerprint density at radius 3 is 2.44 bits per heavy atom. The standard InChI is InChI=1S/C14H20O2/c1-9(2)13-8-12(7-11(4)15)10(3)6-14(13)16-5/h6,8-9H,7H2,1-5H3. The second kappa shape index (κ2) is 5.15. The van der Waals surface area contributed by atoms with Crippen LogP contribution in [0, 0.1) is 6.92 Å². The Labute approximate surface area is 97.6 Å². The predicted molar refractivity (Wildman–Crippen MR) is 66.2 cm³/mol. The third kappa shape index (κ3) is 2.84. The summed E-state index contributed by atoms with van der Waals surface area (Å²) in [6, 6.07) is 4.12. The first-order chi connectivity index (χ1) is 7.45. The van der Waals surface area contributed by atoms with E-state index in [4.69, 9.17) is 4.74 Å². The summed E-state index contributed by atoms with van der Waals surface area (Å²) in [4.78, 5) is 11.2. The van der Waals surface area contributed by atoms with Gasteiger partial charge in [-0.05, 0) is 42.5 Å². The van der Waals surface area contributed by atoms with Crippen LogP contribution in [-0.4, -0.2) is 12.9 Å². The van der Waals surface area contributed by atoms with E-state index in [1.165, 1.54) is 5.56 Å². The molecule has 0 saturated heterocycles. The van der Waals surface area contributed by atoms with Crippen molar-refractivity contribution in [1.82, 2.24) is 0 Å². The molecule has 0 bridgehead atoms. The van der Waals surface area contributed by atoms with Crippen LogP contribution in [0.4, 0.5) is 0 Å². The fourth-order valence-corrected chi connectivity index (χ4v) is 1.83. The van der Waals surface area contributed by atoms with E-state index in [0.29, 0.717) is 12.3 Å². The first kappa shape index (κ1) is 12.8. The lowest BCUT2D eigenvalue weighted by Crippen LogP contribution is -2.03. The van der Waals surface area contributed by atoms with Gasteiger partial charge in [0.1, 0.15) is 11.5 Å². The number of carbonyl (C=O) groups excluding carboxylic acids is 1. The largest absolute Gasteiger partial charge is 0.496 e. The van der Waals surface area contributed by atoms with Crippen LogP contribution >= 0.6 is 0 Å². The number of Topliss-reactive ketones (excluding diaryl/α,β-unsaturated/α-hetero) is 1. The summed E-state index contributed by atoms with van der Waals surface area (Å²) in [6.45, 7) is 7.90. The van der Waals surface area contributed by atoms with Crippen LogP contribution in [0.1, 0.15) is 43.4 Å². The Kier molecular flexibility index (Phi) is 4.11. The van der Waals surface area contributed by atoms with E-state index < -0.39 is 0 Å². The minimum Gasteiger partial charge on any atom is -0.496 e. The Morgan fingerprint density at radius 1 is 1.38 bits per heavy atom. The topological polar surface area (TPSA) is 26.3 Å². The van der Waals surface area contributed by atoms with Crippen molar-refractivity contribution >= 4 is 5.78 Å². The zero-order valence-electron chi connectivity index (χ0n) is 10.8. The molecule has 0 aliphatic rings. The molecule has 0 spiro atoms. The van der Waals surface area contributed by atoms with Gasteiger partial charge in [-0.3, -0.25) is 4.79 Å². The van der Waals surface area contributed by atoms with Crippen molar-refractivity contribution in [3.8, 4) is 5.75 Å². The molecule has 1 rings (SSSR count). The number of aryl methyl sites for hydroxylation is 1. The SMILES string of the molecule is COc1cc(C)c(CC(C)=O)cc1C(C)C. The van der Waals surface area contributed by atoms with Crippen molar-refractivity contribution in [2.24, 2.45) is 0 Å². The smallest absolute Gasteiger partial charge is 0.134 e. The van der Waals surface area contributed by atoms with Gasteiger partial charge in [-0.25, -0.2) is 0 Å². The van der Waals surface area contributed by atoms with Crippen molar-refractivity contribution in [3.63, 3.8) is 0 Å². The molecule has 0 aliphatic carbocycles. The molecule has 0 fully saturated rings. The molecular formula is C14H20O2. The highest BCUT2D eigenvalue weighted by molar-refractivity contribution is 5.78. The lowest BCUT2D eigenvalue weighted by molar-refractivity contribution is -0.116. The molecule has 88 valence electrons. The number of hydrogen-bond donors (Lipinski definition) is 0. The second-order valence-corrected chi connectivity index (χ2v) is 4.55. The Morgan fingerprint density at radius 2 is 2.00 bits per heavy atom. The monoisotopic (exact) mass is 220 g/mol. The molecule has 1 aromatic carbocycles. The van der Waals surface area contributed by atoms with E-state index in [1.807, 2.05) is 13.0 Å². The fraction of sp³-hybridized carbons (Fsp3) is 0.500. The van der Waals surface area contributed by atoms with Gasteiger partial charge in [0.2, 0.25) is 0 Å². The van der Waals surface area contributed by atoms with Gasteiger partial charge in [0.05, 0.1) is 7.11 Å². The van der Waals surface area contributed by atoms with Gasteiger partial charge in [-0.15, -0.1) is 0 Å². The summed E-state index contributed by atoms with van der Waals surface area (Å²) in [5, 5.41) is 0. The highest BCUT2D eigenvalue weighted by Crippen LogP contribution is 2.29. The first-order valence-corrected chi connectivity index (χ1v) is 5.62. The highest BCUT2D eigenvalue weighted by Gasteiger charge is 2.11. The fourth-order valence-electron chi connectivity index (χ4n) is 1.83. The Balaban J connectivity index is 3.21. The predicted octanol–water partition coefficient (Wildman–Crippen LogP) is 3.26. The van der Waals surface area contributed by atoms with Gasteiger partial charge in [-0.1, -0.05) is 19.9 Å². The zero-order valence-corrected chi connectivity index (χ0v) is 10.8. The number of carbonyl (C=O) groups is 1. The number of ketones is 1. The Hall–Kier alpha value is -1.31. The summed E-state index contributed by atoms with van der Waals surface area (Å²) in [7, 11) is 1.69. The molecule has 0 heterocycles. The summed E-state index contributed by atoms with van der Waals surface area (Å²) < 4.78 is 5.36. The number of methoxy groups -OCH3 is 1. The molecule has 2 nitrogen and oxygen atoms in total. The molecule has 16 heavy (non-hydrogen) atoms. The van der Waals surface area contributed by atoms with E-state index in [1.54, 1.807) is 14.0 Å². The molecule has 1 aromatic rings. The van der Waals surface area contributed by atoms with Crippen molar-refractivity contribution in [3.05, 3.63) is 28.8 Å². The first-order valence-electron chi connectivity index (χ1n) is 5.62. The average Bonchev–Trinajstić information content (AvgIpc) is 2.19. The average molecular weight is 220 g/mol. The van der Waals surface area contributed by atoms with Gasteiger partial charge in [-0.2, -0.15) is 0 Å². The van der Waals surface area contributed by atoms with Crippen molar-refractivity contribution < 1.29 is 9.53 Å². The van der Waals surface area contributed by atoms with Crippen LogP contribution in [0.5, 0.6) is 5.75 Å². The van der Waals surface area contributed by atoms with E-state index >= 15 is 0 Å². The molecule has 0 radical (unpaired) electrons. The third-order valence-corrected chi connectivity index (χ3v) is 2.75. The maximum absolute atomic E-state index is 11.2. The number of hydrogen-bond acceptors (Lipinski definition) is 2. The maximum atomic E-state index is 11.2. The molecule has 0 atom stereocenters. The number of ether oxygens (including phenoxy) is 1. The summed E-state index contributed by atoms with van der Waals surface area (Å²) in [5.74, 6) is 1.52. The van der Waals surface area contributed by atoms with Crippen LogP contribution < -0.4 is 4.74 Å². The van der Waals surface area contributed by atoms with Crippen LogP contribution in [0.15, 0.2) is 12.1 Å². The molecule has 0 unspecified atom stereocenters. The molecule has 0 amide bonds. The van der Waals surface area contributed by atoms with Crippen molar-refractivity contribution in [2.75, 3.05) is 7.11 Å². The highest BCUT2D eigenvalue weighted by atomic mass is 16.5. The van der Waals surface area contributed by atoms with E-state index in [0.717, 1.165) is 16.9 Å². The molecule has 0 N–H and O–H groups in total. The van der Waals surface area contributed by atoms with Gasteiger partial charge in [0.25, 0.3) is 0 Å². The third-order valence-electron chi connectivity index (χ3n) is 2.75. The normalized spacial score (nSPS) is 10.6. The van der Waals surface area contributed by atoms with Crippen molar-refractivity contribution in [2.45, 2.75) is 40.0 Å². The molecule has 0 aromatic heterocycles. The summed E-state index contributed by atoms with van der Waals surface area (Å²) in [6.07, 6.45) is 0.509. The molecular weight excluding hydrogens is 200 g/mol. The number of benzene rings is 1. The minimum absolute atomic E-state index is 0.197. The van der Waals surface area contributed by atoms with Gasteiger partial charge in [0, 0.05) is 6.42 Å². The van der Waals surface area contributed by atoms with Gasteiger partial charge in [0.15, 0.2) is 0 Å². The second-order valence-electron chi connectivity index (χ2n) is 4.55. The van der Waals surface area contributed by atoms with E-state index in [9.17, 15) is 4.79 Å². The molecule has 0 saturated carbocycles. The van der Waals surface area contributed by atoms with Crippen LogP contribution in [0.3, 0.4) is 0 Å². The van der Waals surface area contributed by atoms with Crippen LogP contribution in [0.25, 0.3) is 0 Å². The van der Waals surface area contributed by atoms with Crippen LogP contribution in [0.2, 0.25) is 0 Å². The lowest BCUT2D eigenvalue weighted by Gasteiger charge is -2.15. The number of rotatable bonds is 4. The minimum atomic E-state index is 0.197.